The Hall–Kier alpha value is -1.19. The molecule has 1 saturated heterocycles. The van der Waals surface area contributed by atoms with Crippen molar-refractivity contribution in [3.63, 3.8) is 0 Å². The van der Waals surface area contributed by atoms with Crippen LogP contribution in [0.25, 0.3) is 0 Å². The number of nitrogens with zero attached hydrogens (tertiary/aromatic N) is 1. The highest BCUT2D eigenvalue weighted by Gasteiger charge is 2.26. The minimum Gasteiger partial charge on any atom is -0.313 e. The summed E-state index contributed by atoms with van der Waals surface area (Å²) in [6.07, 6.45) is 0. The highest BCUT2D eigenvalue weighted by atomic mass is 16.1. The number of Topliss-reactive ketones (excluding diaryl/α,β-unsaturated/α-hetero) is 1. The van der Waals surface area contributed by atoms with E-state index in [1.807, 2.05) is 19.2 Å². The van der Waals surface area contributed by atoms with Gasteiger partial charge in [-0.2, -0.15) is 0 Å². The molecule has 1 aliphatic heterocycles. The van der Waals surface area contributed by atoms with E-state index in [2.05, 4.69) is 36.2 Å². The van der Waals surface area contributed by atoms with Crippen LogP contribution in [0.3, 0.4) is 0 Å². The summed E-state index contributed by atoms with van der Waals surface area (Å²) in [5.74, 6) is 0.730. The Morgan fingerprint density at radius 1 is 1.33 bits per heavy atom. The van der Waals surface area contributed by atoms with Gasteiger partial charge in [0.15, 0.2) is 5.78 Å². The maximum atomic E-state index is 12.4. The number of likely N-dealkylation sites (N-methyl/N-ethyl adjacent to an activating group) is 1. The van der Waals surface area contributed by atoms with E-state index >= 15 is 0 Å². The van der Waals surface area contributed by atoms with Crippen LogP contribution in [-0.2, 0) is 0 Å². The normalized spacial score (nSPS) is 21.2. The predicted octanol–water partition coefficient (Wildman–Crippen LogP) is 1.90. The number of benzene rings is 1. The molecule has 0 bridgehead atoms. The van der Waals surface area contributed by atoms with E-state index in [1.165, 1.54) is 5.56 Å². The Kier molecular flexibility index (Phi) is 4.15. The summed E-state index contributed by atoms with van der Waals surface area (Å²) in [6, 6.07) is 8.02. The van der Waals surface area contributed by atoms with Crippen molar-refractivity contribution in [2.45, 2.75) is 25.8 Å². The average Bonchev–Trinajstić information content (AvgIpc) is 2.38. The van der Waals surface area contributed by atoms with Crippen LogP contribution in [0.4, 0.5) is 0 Å². The molecule has 98 valence electrons. The summed E-state index contributed by atoms with van der Waals surface area (Å²) in [6.45, 7) is 6.97. The van der Waals surface area contributed by atoms with Crippen LogP contribution in [0.15, 0.2) is 24.3 Å². The van der Waals surface area contributed by atoms with Gasteiger partial charge in [0, 0.05) is 25.2 Å². The molecule has 18 heavy (non-hydrogen) atoms. The lowest BCUT2D eigenvalue weighted by atomic mass is 9.97. The summed E-state index contributed by atoms with van der Waals surface area (Å²) in [5.41, 5.74) is 2.10. The molecule has 1 aliphatic rings. The molecule has 2 rings (SSSR count). The van der Waals surface area contributed by atoms with Crippen LogP contribution in [0.1, 0.15) is 35.7 Å². The Morgan fingerprint density at radius 3 is 2.56 bits per heavy atom. The lowest BCUT2D eigenvalue weighted by molar-refractivity contribution is 0.0819. The molecule has 1 aromatic rings. The van der Waals surface area contributed by atoms with Gasteiger partial charge in [-0.15, -0.1) is 0 Å². The van der Waals surface area contributed by atoms with Gasteiger partial charge in [0.05, 0.1) is 6.04 Å². The van der Waals surface area contributed by atoms with Crippen LogP contribution < -0.4 is 5.32 Å². The molecule has 0 radical (unpaired) electrons. The first kappa shape index (κ1) is 13.2. The molecule has 3 heteroatoms. The SMILES string of the molecule is CC(C)c1ccc(C(=O)C2CNCCN2C)cc1. The summed E-state index contributed by atoms with van der Waals surface area (Å²) < 4.78 is 0. The Balaban J connectivity index is 2.13. The quantitative estimate of drug-likeness (QED) is 0.827. The first-order chi connectivity index (χ1) is 8.59. The minimum atomic E-state index is -0.0244. The van der Waals surface area contributed by atoms with Gasteiger partial charge in [0.1, 0.15) is 0 Å². The molecule has 1 fully saturated rings. The lowest BCUT2D eigenvalue weighted by Gasteiger charge is -2.31. The molecule has 0 spiro atoms. The van der Waals surface area contributed by atoms with Crippen molar-refractivity contribution in [3.8, 4) is 0 Å². The number of carbonyl (C=O) groups is 1. The van der Waals surface area contributed by atoms with E-state index in [0.29, 0.717) is 5.92 Å². The number of nitrogens with one attached hydrogen (secondary N) is 1. The van der Waals surface area contributed by atoms with Gasteiger partial charge in [-0.05, 0) is 18.5 Å². The average molecular weight is 246 g/mol. The van der Waals surface area contributed by atoms with E-state index in [-0.39, 0.29) is 11.8 Å². The summed E-state index contributed by atoms with van der Waals surface area (Å²) >= 11 is 0. The predicted molar refractivity (Wildman–Crippen MR) is 74.1 cm³/mol. The van der Waals surface area contributed by atoms with Gasteiger partial charge in [0.2, 0.25) is 0 Å². The fourth-order valence-corrected chi connectivity index (χ4v) is 2.32. The number of carbonyl (C=O) groups excluding carboxylic acids is 1. The van der Waals surface area contributed by atoms with Crippen molar-refractivity contribution in [2.75, 3.05) is 26.7 Å². The summed E-state index contributed by atoms with van der Waals surface area (Å²) in [4.78, 5) is 14.5. The van der Waals surface area contributed by atoms with Crippen molar-refractivity contribution < 1.29 is 4.79 Å². The molecule has 0 aromatic heterocycles. The number of rotatable bonds is 3. The standard InChI is InChI=1S/C15H22N2O/c1-11(2)12-4-6-13(7-5-12)15(18)14-10-16-8-9-17(14)3/h4-7,11,14,16H,8-10H2,1-3H3. The van der Waals surface area contributed by atoms with Crippen molar-refractivity contribution in [3.05, 3.63) is 35.4 Å². The third-order valence-electron chi connectivity index (χ3n) is 3.68. The highest BCUT2D eigenvalue weighted by molar-refractivity contribution is 6.00. The lowest BCUT2D eigenvalue weighted by Crippen LogP contribution is -2.53. The molecule has 3 nitrogen and oxygen atoms in total. The molecule has 1 N–H and O–H groups in total. The van der Waals surface area contributed by atoms with Gasteiger partial charge in [-0.25, -0.2) is 0 Å². The number of hydrogen-bond donors (Lipinski definition) is 1. The second-order valence-corrected chi connectivity index (χ2v) is 5.34. The van der Waals surface area contributed by atoms with Gasteiger partial charge in [-0.3, -0.25) is 9.69 Å². The second-order valence-electron chi connectivity index (χ2n) is 5.34. The molecular weight excluding hydrogens is 224 g/mol. The Bertz CT molecular complexity index is 411. The zero-order chi connectivity index (χ0) is 13.1. The zero-order valence-corrected chi connectivity index (χ0v) is 11.4. The third kappa shape index (κ3) is 2.79. The van der Waals surface area contributed by atoms with Crippen LogP contribution in [0.2, 0.25) is 0 Å². The van der Waals surface area contributed by atoms with Gasteiger partial charge in [-0.1, -0.05) is 38.1 Å². The molecular formula is C15H22N2O. The van der Waals surface area contributed by atoms with Crippen molar-refractivity contribution in [1.29, 1.82) is 0 Å². The first-order valence-electron chi connectivity index (χ1n) is 6.64. The minimum absolute atomic E-state index is 0.0244. The van der Waals surface area contributed by atoms with E-state index < -0.39 is 0 Å². The van der Waals surface area contributed by atoms with Gasteiger partial charge >= 0.3 is 0 Å². The fourth-order valence-electron chi connectivity index (χ4n) is 2.32. The molecule has 1 heterocycles. The third-order valence-corrected chi connectivity index (χ3v) is 3.68. The van der Waals surface area contributed by atoms with Crippen molar-refractivity contribution in [2.24, 2.45) is 0 Å². The van der Waals surface area contributed by atoms with E-state index in [9.17, 15) is 4.79 Å². The van der Waals surface area contributed by atoms with Crippen molar-refractivity contribution in [1.82, 2.24) is 10.2 Å². The van der Waals surface area contributed by atoms with Gasteiger partial charge in [0.25, 0.3) is 0 Å². The molecule has 1 atom stereocenters. The van der Waals surface area contributed by atoms with Crippen LogP contribution in [-0.4, -0.2) is 43.4 Å². The maximum Gasteiger partial charge on any atom is 0.181 e. The van der Waals surface area contributed by atoms with E-state index in [4.69, 9.17) is 0 Å². The zero-order valence-electron chi connectivity index (χ0n) is 11.4. The first-order valence-corrected chi connectivity index (χ1v) is 6.64. The number of ketones is 1. The largest absolute Gasteiger partial charge is 0.313 e. The Labute approximate surface area is 109 Å². The molecule has 0 aliphatic carbocycles. The maximum absolute atomic E-state index is 12.4. The topological polar surface area (TPSA) is 32.3 Å². The highest BCUT2D eigenvalue weighted by Crippen LogP contribution is 2.16. The van der Waals surface area contributed by atoms with Crippen LogP contribution in [0.5, 0.6) is 0 Å². The van der Waals surface area contributed by atoms with Crippen LogP contribution in [0, 0.1) is 0 Å². The number of hydrogen-bond acceptors (Lipinski definition) is 3. The second kappa shape index (κ2) is 5.63. The molecule has 0 saturated carbocycles. The monoisotopic (exact) mass is 246 g/mol. The molecule has 1 unspecified atom stereocenters. The van der Waals surface area contributed by atoms with Crippen molar-refractivity contribution >= 4 is 5.78 Å². The van der Waals surface area contributed by atoms with Gasteiger partial charge < -0.3 is 5.32 Å². The fraction of sp³-hybridized carbons (Fsp3) is 0.533. The smallest absolute Gasteiger partial charge is 0.181 e. The summed E-state index contributed by atoms with van der Waals surface area (Å²) in [7, 11) is 2.02. The van der Waals surface area contributed by atoms with Crippen LogP contribution >= 0.6 is 0 Å². The molecule has 0 amide bonds. The summed E-state index contributed by atoms with van der Waals surface area (Å²) in [5, 5.41) is 3.28. The molecule has 1 aromatic carbocycles. The number of piperazine rings is 1. The van der Waals surface area contributed by atoms with E-state index in [1.54, 1.807) is 0 Å². The van der Waals surface area contributed by atoms with E-state index in [0.717, 1.165) is 25.2 Å². The Morgan fingerprint density at radius 2 is 2.00 bits per heavy atom.